The minimum Gasteiger partial charge on any atom is -0.357 e. The van der Waals surface area contributed by atoms with Gasteiger partial charge in [-0.2, -0.15) is 0 Å². The van der Waals surface area contributed by atoms with Crippen molar-refractivity contribution in [3.8, 4) is 0 Å². The van der Waals surface area contributed by atoms with E-state index in [9.17, 15) is 0 Å². The largest absolute Gasteiger partial charge is 0.357 e. The maximum Gasteiger partial charge on any atom is 0.167 e. The molecule has 0 spiro atoms. The van der Waals surface area contributed by atoms with Crippen LogP contribution in [0.25, 0.3) is 10.9 Å². The summed E-state index contributed by atoms with van der Waals surface area (Å²) in [6, 6.07) is 11.4. The number of para-hydroxylation sites is 1. The molecule has 1 aromatic carbocycles. The normalized spacial score (nSPS) is 39.9. The summed E-state index contributed by atoms with van der Waals surface area (Å²) >= 11 is 6.12. The molecule has 184 valence electrons. The molecule has 4 unspecified atom stereocenters. The van der Waals surface area contributed by atoms with Gasteiger partial charge >= 0.3 is 0 Å². The number of thiocarbonyl (C=S) groups is 1. The summed E-state index contributed by atoms with van der Waals surface area (Å²) in [5, 5.41) is 9.96. The second-order valence-electron chi connectivity index (χ2n) is 12.4. The summed E-state index contributed by atoms with van der Waals surface area (Å²) in [6.07, 6.45) is 14.9. The molecule has 5 atom stereocenters. The molecule has 0 amide bonds. The number of pyridine rings is 1. The lowest BCUT2D eigenvalue weighted by Crippen LogP contribution is -2.63. The van der Waals surface area contributed by atoms with Crippen LogP contribution in [0.1, 0.15) is 63.0 Å². The Kier molecular flexibility index (Phi) is 5.43. The van der Waals surface area contributed by atoms with Crippen LogP contribution >= 0.6 is 12.2 Å². The van der Waals surface area contributed by atoms with Gasteiger partial charge in [-0.1, -0.05) is 24.3 Å². The molecule has 4 nitrogen and oxygen atoms in total. The summed E-state index contributed by atoms with van der Waals surface area (Å²) in [7, 11) is 0. The third-order valence-corrected chi connectivity index (χ3v) is 10.5. The summed E-state index contributed by atoms with van der Waals surface area (Å²) in [6.45, 7) is 6.44. The van der Waals surface area contributed by atoms with Crippen LogP contribution in [-0.4, -0.2) is 39.7 Å². The van der Waals surface area contributed by atoms with Crippen LogP contribution in [0, 0.1) is 29.6 Å². The Balaban J connectivity index is 1.19. The molecule has 7 fully saturated rings. The zero-order valence-corrected chi connectivity index (χ0v) is 21.5. The summed E-state index contributed by atoms with van der Waals surface area (Å²) in [5.74, 6) is 4.07. The fourth-order valence-electron chi connectivity index (χ4n) is 9.18. The first-order chi connectivity index (χ1) is 17.1. The highest BCUT2D eigenvalue weighted by Gasteiger charge is 2.51. The molecule has 4 heterocycles. The van der Waals surface area contributed by atoms with E-state index in [-0.39, 0.29) is 11.6 Å². The predicted octanol–water partition coefficient (Wildman–Crippen LogP) is 5.61. The Hall–Kier alpha value is -1.98. The van der Waals surface area contributed by atoms with Gasteiger partial charge in [0, 0.05) is 29.7 Å². The lowest BCUT2D eigenvalue weighted by Gasteiger charge is -2.57. The second kappa shape index (κ2) is 8.55. The zero-order chi connectivity index (χ0) is 23.6. The van der Waals surface area contributed by atoms with E-state index in [1.165, 1.54) is 68.9 Å². The van der Waals surface area contributed by atoms with Gasteiger partial charge in [-0.3, -0.25) is 9.88 Å². The molecule has 6 bridgehead atoms. The molecular weight excluding hydrogens is 448 g/mol. The van der Waals surface area contributed by atoms with Crippen LogP contribution in [0.15, 0.2) is 49.2 Å². The van der Waals surface area contributed by atoms with E-state index in [4.69, 9.17) is 12.2 Å². The standard InChI is InChI=1S/C30H38N4S/c1-2-22-18-34-10-8-23(22)14-27(34)28(25-7-9-31-26-6-4-3-5-24(25)26)32-29(35)33-30-15-19-11-20(16-30)13-21(12-19)17-30/h2-7,9,19-23,27-28H,1,8,10-18H2,(H2,32,33,35)/t19?,20?,21?,22?,23?,27?,28-,30?/m0/s1. The lowest BCUT2D eigenvalue weighted by atomic mass is 9.53. The fraction of sp³-hybridized carbons (Fsp3) is 0.600. The summed E-state index contributed by atoms with van der Waals surface area (Å²) in [5.41, 5.74) is 2.62. The van der Waals surface area contributed by atoms with Gasteiger partial charge in [0.05, 0.1) is 11.6 Å². The van der Waals surface area contributed by atoms with Crippen molar-refractivity contribution in [2.45, 2.75) is 69.0 Å². The van der Waals surface area contributed by atoms with Gasteiger partial charge in [0.25, 0.3) is 0 Å². The highest BCUT2D eigenvalue weighted by Crippen LogP contribution is 2.55. The van der Waals surface area contributed by atoms with Gasteiger partial charge in [-0.15, -0.1) is 6.58 Å². The topological polar surface area (TPSA) is 40.2 Å². The third-order valence-electron chi connectivity index (χ3n) is 10.3. The maximum atomic E-state index is 6.12. The fourth-order valence-corrected chi connectivity index (χ4v) is 9.52. The van der Waals surface area contributed by atoms with Crippen LogP contribution in [-0.2, 0) is 0 Å². The number of aromatic nitrogens is 1. The Morgan fingerprint density at radius 1 is 1.09 bits per heavy atom. The van der Waals surface area contributed by atoms with Crippen LogP contribution in [0.2, 0.25) is 0 Å². The molecule has 3 aliphatic heterocycles. The average Bonchev–Trinajstić information content (AvgIpc) is 2.86. The average molecular weight is 487 g/mol. The zero-order valence-electron chi connectivity index (χ0n) is 20.7. The Morgan fingerprint density at radius 3 is 2.51 bits per heavy atom. The van der Waals surface area contributed by atoms with Crippen molar-refractivity contribution >= 4 is 28.2 Å². The first-order valence-corrected chi connectivity index (χ1v) is 14.3. The van der Waals surface area contributed by atoms with Gasteiger partial charge in [0.15, 0.2) is 5.11 Å². The molecule has 4 aliphatic carbocycles. The minimum absolute atomic E-state index is 0.158. The van der Waals surface area contributed by atoms with Gasteiger partial charge < -0.3 is 10.6 Å². The number of benzene rings is 1. The van der Waals surface area contributed by atoms with Crippen molar-refractivity contribution < 1.29 is 0 Å². The highest BCUT2D eigenvalue weighted by molar-refractivity contribution is 7.80. The lowest BCUT2D eigenvalue weighted by molar-refractivity contribution is -0.0113. The van der Waals surface area contributed by atoms with E-state index >= 15 is 0 Å². The maximum absolute atomic E-state index is 6.12. The van der Waals surface area contributed by atoms with Crippen molar-refractivity contribution in [3.63, 3.8) is 0 Å². The molecule has 3 saturated heterocycles. The molecule has 5 heteroatoms. The number of fused-ring (bicyclic) bond motifs is 4. The minimum atomic E-state index is 0.158. The van der Waals surface area contributed by atoms with Gasteiger partial charge in [-0.05, 0) is 117 Å². The van der Waals surface area contributed by atoms with Gasteiger partial charge in [-0.25, -0.2) is 0 Å². The Bertz CT molecular complexity index is 1100. The molecule has 0 radical (unpaired) electrons. The van der Waals surface area contributed by atoms with E-state index in [0.717, 1.165) is 40.8 Å². The second-order valence-corrected chi connectivity index (χ2v) is 12.8. The first-order valence-electron chi connectivity index (χ1n) is 13.9. The summed E-state index contributed by atoms with van der Waals surface area (Å²) < 4.78 is 0. The molecule has 2 N–H and O–H groups in total. The number of rotatable bonds is 5. The SMILES string of the molecule is C=CC1CN2CCC1CC2[C@@H](NC(=S)NC12CC3CC(CC(C3)C1)C2)c1ccnc2ccccc12. The molecular formula is C30H38N4S. The number of hydrogen-bond donors (Lipinski definition) is 2. The molecule has 2 aromatic rings. The summed E-state index contributed by atoms with van der Waals surface area (Å²) in [4.78, 5) is 7.37. The van der Waals surface area contributed by atoms with Crippen LogP contribution in [0.5, 0.6) is 0 Å². The number of nitrogens with one attached hydrogen (secondary N) is 2. The molecule has 4 saturated carbocycles. The van der Waals surface area contributed by atoms with Crippen molar-refractivity contribution in [1.29, 1.82) is 0 Å². The quantitative estimate of drug-likeness (QED) is 0.425. The van der Waals surface area contributed by atoms with Crippen molar-refractivity contribution in [3.05, 3.63) is 54.7 Å². The third kappa shape index (κ3) is 3.90. The molecule has 35 heavy (non-hydrogen) atoms. The monoisotopic (exact) mass is 486 g/mol. The van der Waals surface area contributed by atoms with E-state index < -0.39 is 0 Å². The molecule has 9 rings (SSSR count). The van der Waals surface area contributed by atoms with Gasteiger partial charge in [0.1, 0.15) is 0 Å². The Labute approximate surface area is 214 Å². The number of piperidine rings is 3. The highest BCUT2D eigenvalue weighted by atomic mass is 32.1. The number of hydrogen-bond acceptors (Lipinski definition) is 3. The van der Waals surface area contributed by atoms with Crippen LogP contribution in [0.3, 0.4) is 0 Å². The van der Waals surface area contributed by atoms with E-state index in [1.54, 1.807) is 0 Å². The number of nitrogens with zero attached hydrogens (tertiary/aromatic N) is 2. The van der Waals surface area contributed by atoms with Crippen LogP contribution < -0.4 is 10.6 Å². The van der Waals surface area contributed by atoms with Crippen molar-refractivity contribution in [1.82, 2.24) is 20.5 Å². The smallest absolute Gasteiger partial charge is 0.167 e. The van der Waals surface area contributed by atoms with Crippen molar-refractivity contribution in [2.75, 3.05) is 13.1 Å². The molecule has 7 aliphatic rings. The van der Waals surface area contributed by atoms with E-state index in [0.29, 0.717) is 12.0 Å². The van der Waals surface area contributed by atoms with Crippen molar-refractivity contribution in [2.24, 2.45) is 29.6 Å². The van der Waals surface area contributed by atoms with Gasteiger partial charge in [0.2, 0.25) is 0 Å². The predicted molar refractivity (Wildman–Crippen MR) is 146 cm³/mol. The Morgan fingerprint density at radius 2 is 1.83 bits per heavy atom. The van der Waals surface area contributed by atoms with E-state index in [2.05, 4.69) is 63.5 Å². The first kappa shape index (κ1) is 22.2. The van der Waals surface area contributed by atoms with E-state index in [1.807, 2.05) is 6.20 Å². The molecule has 1 aromatic heterocycles. The van der Waals surface area contributed by atoms with Crippen LogP contribution in [0.4, 0.5) is 0 Å².